The third-order valence-electron chi connectivity index (χ3n) is 3.30. The number of amides is 4. The molecule has 1 atom stereocenters. The molecule has 0 saturated carbocycles. The van der Waals surface area contributed by atoms with E-state index in [1.54, 1.807) is 30.3 Å². The van der Waals surface area contributed by atoms with Gasteiger partial charge in [0.05, 0.1) is 13.1 Å². The predicted molar refractivity (Wildman–Crippen MR) is 89.6 cm³/mol. The molecule has 0 heterocycles. The molecule has 0 aromatic heterocycles. The van der Waals surface area contributed by atoms with Gasteiger partial charge in [-0.05, 0) is 5.56 Å². The monoisotopic (exact) mass is 364 g/mol. The molecule has 1 aromatic rings. The molecule has 0 unspecified atom stereocenters. The average Bonchev–Trinajstić information content (AvgIpc) is 2.63. The first-order chi connectivity index (χ1) is 12.4. The second kappa shape index (κ2) is 10.6. The van der Waals surface area contributed by atoms with Crippen molar-refractivity contribution in [2.45, 2.75) is 12.5 Å². The molecule has 0 radical (unpaired) electrons. The molecule has 1 aromatic carbocycles. The average molecular weight is 364 g/mol. The number of nitrogens with zero attached hydrogens (tertiary/aromatic N) is 1. The van der Waals surface area contributed by atoms with Gasteiger partial charge in [-0.3, -0.25) is 28.9 Å². The molecule has 0 aliphatic heterocycles. The highest BCUT2D eigenvalue weighted by Crippen LogP contribution is 2.07. The van der Waals surface area contributed by atoms with Crippen LogP contribution < -0.4 is 16.4 Å². The fourth-order valence-electron chi connectivity index (χ4n) is 2.14. The van der Waals surface area contributed by atoms with Gasteiger partial charge in [0.25, 0.3) is 5.91 Å². The van der Waals surface area contributed by atoms with Crippen molar-refractivity contribution in [1.29, 1.82) is 0 Å². The van der Waals surface area contributed by atoms with Gasteiger partial charge in [0.1, 0.15) is 12.6 Å². The number of imide groups is 1. The maximum Gasteiger partial charge on any atom is 0.323 e. The summed E-state index contributed by atoms with van der Waals surface area (Å²) in [6.45, 7) is -1.83. The van der Waals surface area contributed by atoms with Gasteiger partial charge in [-0.2, -0.15) is 0 Å². The molecule has 0 fully saturated rings. The summed E-state index contributed by atoms with van der Waals surface area (Å²) in [6, 6.07) is 7.47. The highest BCUT2D eigenvalue weighted by Gasteiger charge is 2.31. The van der Waals surface area contributed by atoms with Gasteiger partial charge in [0.15, 0.2) is 0 Å². The smallest absolute Gasteiger partial charge is 0.323 e. The topological polar surface area (TPSA) is 159 Å². The number of nitrogens with two attached hydrogens (primary N) is 1. The lowest BCUT2D eigenvalue weighted by atomic mass is 10.0. The lowest BCUT2D eigenvalue weighted by Crippen LogP contribution is -2.55. The van der Waals surface area contributed by atoms with Gasteiger partial charge >= 0.3 is 5.97 Å². The van der Waals surface area contributed by atoms with Crippen LogP contribution in [0, 0.1) is 0 Å². The molecule has 140 valence electrons. The zero-order valence-electron chi connectivity index (χ0n) is 13.9. The largest absolute Gasteiger partial charge is 0.480 e. The number of carbonyl (C=O) groups is 5. The maximum atomic E-state index is 12.7. The van der Waals surface area contributed by atoms with E-state index in [1.807, 2.05) is 0 Å². The van der Waals surface area contributed by atoms with Gasteiger partial charge in [-0.15, -0.1) is 0 Å². The van der Waals surface area contributed by atoms with Crippen LogP contribution in [0.3, 0.4) is 0 Å². The van der Waals surface area contributed by atoms with E-state index in [9.17, 15) is 24.0 Å². The lowest BCUT2D eigenvalue weighted by Gasteiger charge is -2.25. The summed E-state index contributed by atoms with van der Waals surface area (Å²) in [4.78, 5) is 58.2. The van der Waals surface area contributed by atoms with E-state index in [4.69, 9.17) is 10.8 Å². The second-order valence-corrected chi connectivity index (χ2v) is 5.22. The molecular weight excluding hydrogens is 344 g/mol. The predicted octanol–water partition coefficient (Wildman–Crippen LogP) is -2.14. The number of benzene rings is 1. The van der Waals surface area contributed by atoms with Crippen molar-refractivity contribution in [2.75, 3.05) is 19.6 Å². The van der Waals surface area contributed by atoms with Crippen LogP contribution in [0.25, 0.3) is 0 Å². The summed E-state index contributed by atoms with van der Waals surface area (Å²) in [5, 5.41) is 13.4. The van der Waals surface area contributed by atoms with Crippen molar-refractivity contribution in [3.63, 3.8) is 0 Å². The van der Waals surface area contributed by atoms with Gasteiger partial charge in [0.2, 0.25) is 18.2 Å². The van der Waals surface area contributed by atoms with Crippen LogP contribution in [-0.2, 0) is 30.4 Å². The molecule has 26 heavy (non-hydrogen) atoms. The first-order valence-electron chi connectivity index (χ1n) is 7.65. The molecule has 0 aliphatic rings. The van der Waals surface area contributed by atoms with Crippen LogP contribution in [0.1, 0.15) is 5.56 Å². The summed E-state index contributed by atoms with van der Waals surface area (Å²) in [5.41, 5.74) is 5.94. The fraction of sp³-hybridized carbons (Fsp3) is 0.312. The Kier molecular flexibility index (Phi) is 8.44. The molecule has 0 bridgehead atoms. The van der Waals surface area contributed by atoms with Crippen LogP contribution in [0.15, 0.2) is 30.3 Å². The van der Waals surface area contributed by atoms with E-state index < -0.39 is 42.8 Å². The van der Waals surface area contributed by atoms with Crippen LogP contribution in [0.4, 0.5) is 0 Å². The molecule has 10 heteroatoms. The van der Waals surface area contributed by atoms with Crippen molar-refractivity contribution in [1.82, 2.24) is 15.5 Å². The minimum absolute atomic E-state index is 0.0376. The number of carboxylic acids is 1. The van der Waals surface area contributed by atoms with Gasteiger partial charge in [0, 0.05) is 6.42 Å². The SMILES string of the molecule is NCC(=O)N[C@@H](Cc1ccccc1)C(=O)N(CC(=O)O)C(=O)CNC=O. The van der Waals surface area contributed by atoms with E-state index >= 15 is 0 Å². The molecule has 1 rings (SSSR count). The zero-order chi connectivity index (χ0) is 19.5. The molecule has 0 saturated heterocycles. The van der Waals surface area contributed by atoms with Gasteiger partial charge in [-0.25, -0.2) is 0 Å². The Morgan fingerprint density at radius 2 is 1.85 bits per heavy atom. The number of rotatable bonds is 10. The Balaban J connectivity index is 3.06. The summed E-state index contributed by atoms with van der Waals surface area (Å²) in [7, 11) is 0. The van der Waals surface area contributed by atoms with Gasteiger partial charge in [-0.1, -0.05) is 30.3 Å². The molecule has 5 N–H and O–H groups in total. The van der Waals surface area contributed by atoms with E-state index in [2.05, 4.69) is 10.6 Å². The van der Waals surface area contributed by atoms with E-state index in [0.29, 0.717) is 10.5 Å². The highest BCUT2D eigenvalue weighted by atomic mass is 16.4. The number of aliphatic carboxylic acids is 1. The number of nitrogens with one attached hydrogen (secondary N) is 2. The molecular formula is C16H20N4O6. The summed E-state index contributed by atoms with van der Waals surface area (Å²) in [5.74, 6) is -3.87. The van der Waals surface area contributed by atoms with Crippen molar-refractivity contribution in [3.8, 4) is 0 Å². The Bertz CT molecular complexity index is 664. The van der Waals surface area contributed by atoms with Crippen molar-refractivity contribution < 1.29 is 29.1 Å². The Morgan fingerprint density at radius 3 is 2.38 bits per heavy atom. The Morgan fingerprint density at radius 1 is 1.19 bits per heavy atom. The number of hydrogen-bond acceptors (Lipinski definition) is 6. The van der Waals surface area contributed by atoms with Crippen LogP contribution >= 0.6 is 0 Å². The van der Waals surface area contributed by atoms with E-state index in [-0.39, 0.29) is 19.4 Å². The maximum absolute atomic E-state index is 12.7. The number of hydrogen-bond donors (Lipinski definition) is 4. The minimum atomic E-state index is -1.42. The van der Waals surface area contributed by atoms with E-state index in [0.717, 1.165) is 0 Å². The Labute approximate surface area is 149 Å². The highest BCUT2D eigenvalue weighted by molar-refractivity contribution is 6.02. The summed E-state index contributed by atoms with van der Waals surface area (Å²) >= 11 is 0. The zero-order valence-corrected chi connectivity index (χ0v) is 13.9. The molecule has 0 spiro atoms. The van der Waals surface area contributed by atoms with Gasteiger partial charge < -0.3 is 21.5 Å². The first kappa shape index (κ1) is 20.8. The van der Waals surface area contributed by atoms with Crippen LogP contribution in [0.5, 0.6) is 0 Å². The standard InChI is InChI=1S/C16H20N4O6/c17-7-13(22)19-12(6-11-4-2-1-3-5-11)16(26)20(9-15(24)25)14(23)8-18-10-21/h1-5,10,12H,6-9,17H2,(H,18,21)(H,19,22)(H,24,25)/t12-/m0/s1. The molecule has 4 amide bonds. The molecule has 0 aliphatic carbocycles. The second-order valence-electron chi connectivity index (χ2n) is 5.22. The third kappa shape index (κ3) is 6.69. The fourth-order valence-corrected chi connectivity index (χ4v) is 2.14. The Hall–Kier alpha value is -3.27. The quantitative estimate of drug-likeness (QED) is 0.345. The normalized spacial score (nSPS) is 11.1. The van der Waals surface area contributed by atoms with Crippen molar-refractivity contribution in [3.05, 3.63) is 35.9 Å². The lowest BCUT2D eigenvalue weighted by molar-refractivity contribution is -0.153. The molecule has 10 nitrogen and oxygen atoms in total. The summed E-state index contributed by atoms with van der Waals surface area (Å²) < 4.78 is 0. The summed E-state index contributed by atoms with van der Waals surface area (Å²) in [6.07, 6.45) is 0.287. The van der Waals surface area contributed by atoms with Crippen LogP contribution in [-0.4, -0.2) is 65.8 Å². The first-order valence-corrected chi connectivity index (χ1v) is 7.65. The number of carboxylic acid groups (broad SMARTS) is 1. The minimum Gasteiger partial charge on any atom is -0.480 e. The van der Waals surface area contributed by atoms with Crippen molar-refractivity contribution >= 4 is 30.1 Å². The number of carbonyl (C=O) groups excluding carboxylic acids is 4. The van der Waals surface area contributed by atoms with Crippen molar-refractivity contribution in [2.24, 2.45) is 5.73 Å². The van der Waals surface area contributed by atoms with E-state index in [1.165, 1.54) is 0 Å². The van der Waals surface area contributed by atoms with Crippen LogP contribution in [0.2, 0.25) is 0 Å². The third-order valence-corrected chi connectivity index (χ3v) is 3.30.